The minimum atomic E-state index is -0.643. The molecule has 0 aliphatic heterocycles. The summed E-state index contributed by atoms with van der Waals surface area (Å²) in [6, 6.07) is 0. The number of carbonyl (C=O) groups excluding carboxylic acids is 1. The van der Waals surface area contributed by atoms with Crippen molar-refractivity contribution >= 4 is 12.1 Å². The Bertz CT molecular complexity index is 789. The first kappa shape index (κ1) is 28.1. The highest BCUT2D eigenvalue weighted by Gasteiger charge is 2.38. The molecular formula is C26H46N4O4. The molecule has 2 rings (SSSR count). The lowest BCUT2D eigenvalue weighted by atomic mass is 9.69. The summed E-state index contributed by atoms with van der Waals surface area (Å²) in [5, 5.41) is 17.4. The molecule has 0 radical (unpaired) electrons. The molecule has 194 valence electrons. The van der Waals surface area contributed by atoms with Crippen LogP contribution in [0.3, 0.4) is 0 Å². The summed E-state index contributed by atoms with van der Waals surface area (Å²) in [6.45, 7) is 11.7. The number of hydrogen-bond acceptors (Lipinski definition) is 5. The topological polar surface area (TPSA) is 98.8 Å². The van der Waals surface area contributed by atoms with Crippen molar-refractivity contribution in [3.63, 3.8) is 0 Å². The molecule has 2 N–H and O–H groups in total. The van der Waals surface area contributed by atoms with Gasteiger partial charge in [0.2, 0.25) is 0 Å². The standard InChI is InChI=1S/C26H46N4O4/c1-8-26(9-2,23(31)32)16-19-10-12-20(13-11-19)22-21(17-27-28-22)18-29(6)14-15-30(7)24(33)34-25(3,4)5/h17,19-20H,8-16,18H2,1-7H3,(H,27,28)(H,31,32). The van der Waals surface area contributed by atoms with Crippen molar-refractivity contribution < 1.29 is 19.4 Å². The lowest BCUT2D eigenvalue weighted by molar-refractivity contribution is -0.151. The van der Waals surface area contributed by atoms with E-state index in [0.29, 0.717) is 31.2 Å². The fraction of sp³-hybridized carbons (Fsp3) is 0.808. The molecule has 0 atom stereocenters. The van der Waals surface area contributed by atoms with Crippen molar-refractivity contribution in [3.8, 4) is 0 Å². The average molecular weight is 479 g/mol. The molecule has 1 fully saturated rings. The molecule has 0 spiro atoms. The largest absolute Gasteiger partial charge is 0.481 e. The van der Waals surface area contributed by atoms with E-state index in [1.54, 1.807) is 11.9 Å². The van der Waals surface area contributed by atoms with Crippen LogP contribution < -0.4 is 0 Å². The molecule has 34 heavy (non-hydrogen) atoms. The maximum absolute atomic E-state index is 12.2. The zero-order chi connectivity index (χ0) is 25.5. The lowest BCUT2D eigenvalue weighted by Gasteiger charge is -2.35. The van der Waals surface area contributed by atoms with Crippen LogP contribution >= 0.6 is 0 Å². The van der Waals surface area contributed by atoms with Gasteiger partial charge in [0.1, 0.15) is 5.60 Å². The molecule has 1 heterocycles. The van der Waals surface area contributed by atoms with Gasteiger partial charge in [-0.25, -0.2) is 4.79 Å². The maximum Gasteiger partial charge on any atom is 0.410 e. The van der Waals surface area contributed by atoms with Crippen molar-refractivity contribution in [1.82, 2.24) is 20.0 Å². The molecule has 8 heteroatoms. The maximum atomic E-state index is 12.2. The number of nitrogens with zero attached hydrogens (tertiary/aromatic N) is 3. The first-order valence-electron chi connectivity index (χ1n) is 12.8. The number of likely N-dealkylation sites (N-methyl/N-ethyl adjacent to an activating group) is 2. The molecule has 0 unspecified atom stereocenters. The highest BCUT2D eigenvalue weighted by molar-refractivity contribution is 5.74. The van der Waals surface area contributed by atoms with Gasteiger partial charge in [0, 0.05) is 43.9 Å². The van der Waals surface area contributed by atoms with Crippen LogP contribution in [0.1, 0.15) is 96.7 Å². The Balaban J connectivity index is 1.87. The van der Waals surface area contributed by atoms with E-state index in [0.717, 1.165) is 45.2 Å². The molecule has 0 aromatic carbocycles. The summed E-state index contributed by atoms with van der Waals surface area (Å²) in [7, 11) is 3.82. The molecule has 1 amide bonds. The molecule has 1 aromatic rings. The summed E-state index contributed by atoms with van der Waals surface area (Å²) < 4.78 is 5.42. The van der Waals surface area contributed by atoms with Gasteiger partial charge in [-0.3, -0.25) is 9.89 Å². The predicted octanol–water partition coefficient (Wildman–Crippen LogP) is 5.26. The normalized spacial score (nSPS) is 19.3. The van der Waals surface area contributed by atoms with Crippen LogP contribution in [0.15, 0.2) is 6.20 Å². The summed E-state index contributed by atoms with van der Waals surface area (Å²) in [6.07, 6.45) is 8.04. The van der Waals surface area contributed by atoms with Gasteiger partial charge in [-0.05, 0) is 78.7 Å². The number of H-pyrrole nitrogens is 1. The molecule has 1 aromatic heterocycles. The number of carbonyl (C=O) groups is 2. The highest BCUT2D eigenvalue weighted by atomic mass is 16.6. The van der Waals surface area contributed by atoms with E-state index in [-0.39, 0.29) is 6.09 Å². The molecule has 1 aliphatic rings. The van der Waals surface area contributed by atoms with Gasteiger partial charge in [0.25, 0.3) is 0 Å². The SMILES string of the molecule is CCC(CC)(CC1CCC(c2[nH]ncc2CN(C)CCN(C)C(=O)OC(C)(C)C)CC1)C(=O)O. The number of carboxylic acids is 1. The number of aliphatic carboxylic acids is 1. The van der Waals surface area contributed by atoms with Crippen LogP contribution in [-0.2, 0) is 16.1 Å². The quantitative estimate of drug-likeness (QED) is 0.450. The Morgan fingerprint density at radius 3 is 2.26 bits per heavy atom. The summed E-state index contributed by atoms with van der Waals surface area (Å²) >= 11 is 0. The summed E-state index contributed by atoms with van der Waals surface area (Å²) in [5.41, 5.74) is 1.34. The van der Waals surface area contributed by atoms with Gasteiger partial charge in [-0.1, -0.05) is 13.8 Å². The van der Waals surface area contributed by atoms with E-state index in [4.69, 9.17) is 4.74 Å². The van der Waals surface area contributed by atoms with E-state index < -0.39 is 17.0 Å². The number of aromatic amines is 1. The van der Waals surface area contributed by atoms with Gasteiger partial charge in [-0.15, -0.1) is 0 Å². The van der Waals surface area contributed by atoms with E-state index in [2.05, 4.69) is 22.1 Å². The number of rotatable bonds is 11. The van der Waals surface area contributed by atoms with E-state index >= 15 is 0 Å². The van der Waals surface area contributed by atoms with Crippen molar-refractivity contribution in [2.45, 2.75) is 97.6 Å². The molecule has 0 bridgehead atoms. The second-order valence-electron chi connectivity index (χ2n) is 11.2. The Hall–Kier alpha value is -2.09. The zero-order valence-corrected chi connectivity index (χ0v) is 22.3. The monoisotopic (exact) mass is 478 g/mol. The zero-order valence-electron chi connectivity index (χ0n) is 22.3. The van der Waals surface area contributed by atoms with Crippen LogP contribution in [-0.4, -0.2) is 70.0 Å². The van der Waals surface area contributed by atoms with E-state index in [9.17, 15) is 14.7 Å². The van der Waals surface area contributed by atoms with Crippen LogP contribution in [0.5, 0.6) is 0 Å². The minimum Gasteiger partial charge on any atom is -0.481 e. The van der Waals surface area contributed by atoms with Gasteiger partial charge in [0.05, 0.1) is 11.6 Å². The molecule has 1 aliphatic carbocycles. The third kappa shape index (κ3) is 7.72. The van der Waals surface area contributed by atoms with E-state index in [1.807, 2.05) is 40.8 Å². The Labute approximate surface area is 205 Å². The minimum absolute atomic E-state index is 0.306. The van der Waals surface area contributed by atoms with Crippen LogP contribution in [0.25, 0.3) is 0 Å². The average Bonchev–Trinajstić information content (AvgIpc) is 3.22. The second kappa shape index (κ2) is 12.0. The predicted molar refractivity (Wildman–Crippen MR) is 134 cm³/mol. The smallest absolute Gasteiger partial charge is 0.410 e. The Morgan fingerprint density at radius 1 is 1.12 bits per heavy atom. The van der Waals surface area contributed by atoms with Gasteiger partial charge in [0.15, 0.2) is 0 Å². The fourth-order valence-corrected chi connectivity index (χ4v) is 5.06. The number of amides is 1. The third-order valence-electron chi connectivity index (χ3n) is 7.46. The van der Waals surface area contributed by atoms with Crippen molar-refractivity contribution in [1.29, 1.82) is 0 Å². The highest BCUT2D eigenvalue weighted by Crippen LogP contribution is 2.43. The number of hydrogen-bond donors (Lipinski definition) is 2. The van der Waals surface area contributed by atoms with Crippen molar-refractivity contribution in [3.05, 3.63) is 17.5 Å². The second-order valence-corrected chi connectivity index (χ2v) is 11.2. The molecule has 0 saturated heterocycles. The Morgan fingerprint density at radius 2 is 1.74 bits per heavy atom. The molecular weight excluding hydrogens is 432 g/mol. The number of carboxylic acid groups (broad SMARTS) is 1. The van der Waals surface area contributed by atoms with Gasteiger partial charge >= 0.3 is 12.1 Å². The van der Waals surface area contributed by atoms with Gasteiger partial charge in [-0.2, -0.15) is 5.10 Å². The van der Waals surface area contributed by atoms with Crippen LogP contribution in [0.2, 0.25) is 0 Å². The van der Waals surface area contributed by atoms with Crippen molar-refractivity contribution in [2.24, 2.45) is 11.3 Å². The van der Waals surface area contributed by atoms with Gasteiger partial charge < -0.3 is 19.6 Å². The molecule has 8 nitrogen and oxygen atoms in total. The third-order valence-corrected chi connectivity index (χ3v) is 7.46. The van der Waals surface area contributed by atoms with Crippen LogP contribution in [0, 0.1) is 11.3 Å². The number of nitrogens with one attached hydrogen (secondary N) is 1. The fourth-order valence-electron chi connectivity index (χ4n) is 5.06. The van der Waals surface area contributed by atoms with Crippen LogP contribution in [0.4, 0.5) is 4.79 Å². The Kier molecular flexibility index (Phi) is 9.97. The summed E-state index contributed by atoms with van der Waals surface area (Å²) in [4.78, 5) is 27.9. The molecule has 1 saturated carbocycles. The lowest BCUT2D eigenvalue weighted by Crippen LogP contribution is -2.38. The summed E-state index contributed by atoms with van der Waals surface area (Å²) in [5.74, 6) is 0.273. The number of aromatic nitrogens is 2. The first-order chi connectivity index (χ1) is 15.9. The van der Waals surface area contributed by atoms with E-state index in [1.165, 1.54) is 11.3 Å². The van der Waals surface area contributed by atoms with Crippen molar-refractivity contribution in [2.75, 3.05) is 27.2 Å². The first-order valence-corrected chi connectivity index (χ1v) is 12.8. The number of ether oxygens (including phenoxy) is 1.